The molecule has 2 aliphatic heterocycles. The van der Waals surface area contributed by atoms with E-state index in [2.05, 4.69) is 67.0 Å². The second-order valence-electron chi connectivity index (χ2n) is 8.56. The molecule has 2 amide bonds. The molecule has 5 rings (SSSR count). The standard InChI is InChI=1S/C24H28N4OS/c1-15-7-5-8-20(16(15)2)25-24(29)28-13-19-18-10-12-26(4)14-22(18)30-23(19)27-11-6-9-21(27)17(28)3/h5-9,11,17H,10,12-14H2,1-4H3,(H,25,29). The third-order valence-corrected chi connectivity index (χ3v) is 7.92. The maximum atomic E-state index is 13.5. The number of likely N-dealkylation sites (N-methyl/N-ethyl adjacent to an activating group) is 1. The summed E-state index contributed by atoms with van der Waals surface area (Å²) >= 11 is 1.89. The van der Waals surface area contributed by atoms with E-state index < -0.39 is 0 Å². The van der Waals surface area contributed by atoms with E-state index in [-0.39, 0.29) is 12.1 Å². The highest BCUT2D eigenvalue weighted by Crippen LogP contribution is 2.41. The summed E-state index contributed by atoms with van der Waals surface area (Å²) in [6, 6.07) is 10.2. The Bertz CT molecular complexity index is 1130. The number of thiophene rings is 1. The van der Waals surface area contributed by atoms with Crippen LogP contribution in [0.2, 0.25) is 0 Å². The molecule has 30 heavy (non-hydrogen) atoms. The summed E-state index contributed by atoms with van der Waals surface area (Å²) in [5.74, 6) is 0. The van der Waals surface area contributed by atoms with Gasteiger partial charge in [0.15, 0.2) is 0 Å². The van der Waals surface area contributed by atoms with E-state index in [4.69, 9.17) is 0 Å². The second-order valence-corrected chi connectivity index (χ2v) is 9.64. The number of benzene rings is 1. The van der Waals surface area contributed by atoms with Crippen LogP contribution < -0.4 is 5.32 Å². The Morgan fingerprint density at radius 1 is 1.13 bits per heavy atom. The Morgan fingerprint density at radius 2 is 1.97 bits per heavy atom. The van der Waals surface area contributed by atoms with Gasteiger partial charge < -0.3 is 19.7 Å². The van der Waals surface area contributed by atoms with Crippen molar-refractivity contribution in [1.82, 2.24) is 14.4 Å². The zero-order chi connectivity index (χ0) is 21.0. The molecule has 0 saturated heterocycles. The molecule has 6 heteroatoms. The third kappa shape index (κ3) is 3.06. The molecule has 4 heterocycles. The molecule has 1 aromatic carbocycles. The van der Waals surface area contributed by atoms with Gasteiger partial charge in [-0.1, -0.05) is 12.1 Å². The average molecular weight is 421 g/mol. The minimum Gasteiger partial charge on any atom is -0.312 e. The lowest BCUT2D eigenvalue weighted by Gasteiger charge is -2.29. The molecule has 1 unspecified atom stereocenters. The van der Waals surface area contributed by atoms with Gasteiger partial charge in [0, 0.05) is 41.1 Å². The number of aryl methyl sites for hydroxylation is 1. The molecule has 0 aliphatic carbocycles. The molecule has 0 spiro atoms. The number of hydrogen-bond donors (Lipinski definition) is 1. The number of fused-ring (bicyclic) bond motifs is 5. The molecule has 3 aromatic rings. The molecule has 0 bridgehead atoms. The van der Waals surface area contributed by atoms with Crippen molar-refractivity contribution in [1.29, 1.82) is 0 Å². The second kappa shape index (κ2) is 7.29. The van der Waals surface area contributed by atoms with Crippen LogP contribution >= 0.6 is 11.3 Å². The summed E-state index contributed by atoms with van der Waals surface area (Å²) in [6.45, 7) is 8.97. The maximum Gasteiger partial charge on any atom is 0.322 e. The largest absolute Gasteiger partial charge is 0.322 e. The minimum absolute atomic E-state index is 0.00775. The lowest BCUT2D eigenvalue weighted by atomic mass is 10.0. The molecular weight excluding hydrogens is 392 g/mol. The lowest BCUT2D eigenvalue weighted by Crippen LogP contribution is -2.36. The van der Waals surface area contributed by atoms with Crippen molar-refractivity contribution in [3.63, 3.8) is 0 Å². The highest BCUT2D eigenvalue weighted by molar-refractivity contribution is 7.15. The van der Waals surface area contributed by atoms with E-state index in [0.717, 1.165) is 36.5 Å². The molecule has 1 atom stereocenters. The summed E-state index contributed by atoms with van der Waals surface area (Å²) in [5.41, 5.74) is 7.13. The molecule has 2 aliphatic rings. The average Bonchev–Trinajstić information content (AvgIpc) is 3.31. The van der Waals surface area contributed by atoms with Crippen LogP contribution in [-0.4, -0.2) is 34.0 Å². The van der Waals surface area contributed by atoms with Crippen LogP contribution in [0.15, 0.2) is 36.5 Å². The van der Waals surface area contributed by atoms with Crippen LogP contribution in [0.5, 0.6) is 0 Å². The lowest BCUT2D eigenvalue weighted by molar-refractivity contribution is 0.189. The number of amides is 2. The van der Waals surface area contributed by atoms with Crippen LogP contribution in [0.4, 0.5) is 10.5 Å². The topological polar surface area (TPSA) is 40.5 Å². The first-order valence-corrected chi connectivity index (χ1v) is 11.4. The SMILES string of the molecule is Cc1cccc(NC(=O)N2Cc3c(sc4c3CCN(C)C4)-n3cccc3C2C)c1C. The van der Waals surface area contributed by atoms with Crippen molar-refractivity contribution in [2.24, 2.45) is 0 Å². The number of aromatic nitrogens is 1. The number of nitrogens with zero attached hydrogens (tertiary/aromatic N) is 3. The van der Waals surface area contributed by atoms with Gasteiger partial charge >= 0.3 is 6.03 Å². The first-order chi connectivity index (χ1) is 14.4. The molecule has 156 valence electrons. The zero-order valence-corrected chi connectivity index (χ0v) is 18.8. The molecule has 2 aromatic heterocycles. The number of urea groups is 1. The van der Waals surface area contributed by atoms with E-state index in [1.54, 1.807) is 0 Å². The smallest absolute Gasteiger partial charge is 0.312 e. The van der Waals surface area contributed by atoms with Gasteiger partial charge in [-0.3, -0.25) is 0 Å². The van der Waals surface area contributed by atoms with Gasteiger partial charge in [-0.05, 0) is 69.1 Å². The van der Waals surface area contributed by atoms with Crippen LogP contribution in [-0.2, 0) is 19.5 Å². The normalized spacial score (nSPS) is 18.4. The highest BCUT2D eigenvalue weighted by atomic mass is 32.1. The Kier molecular flexibility index (Phi) is 4.71. The monoisotopic (exact) mass is 420 g/mol. The van der Waals surface area contributed by atoms with Gasteiger partial charge in [-0.15, -0.1) is 11.3 Å². The third-order valence-electron chi connectivity index (χ3n) is 6.67. The van der Waals surface area contributed by atoms with Gasteiger partial charge in [-0.2, -0.15) is 0 Å². The Labute approximate surface area is 181 Å². The fourth-order valence-corrected chi connectivity index (χ4v) is 6.09. The van der Waals surface area contributed by atoms with Crippen molar-refractivity contribution >= 4 is 23.1 Å². The van der Waals surface area contributed by atoms with Gasteiger partial charge in [-0.25, -0.2) is 4.79 Å². The molecule has 1 N–H and O–H groups in total. The van der Waals surface area contributed by atoms with Crippen molar-refractivity contribution in [2.75, 3.05) is 18.9 Å². The fraction of sp³-hybridized carbons (Fsp3) is 0.375. The van der Waals surface area contributed by atoms with Crippen molar-refractivity contribution < 1.29 is 4.79 Å². The Balaban J connectivity index is 1.55. The first kappa shape index (κ1) is 19.4. The van der Waals surface area contributed by atoms with Crippen LogP contribution in [0.25, 0.3) is 5.00 Å². The minimum atomic E-state index is -0.0373. The zero-order valence-electron chi connectivity index (χ0n) is 18.0. The number of nitrogens with one attached hydrogen (secondary N) is 1. The van der Waals surface area contributed by atoms with Gasteiger partial charge in [0.2, 0.25) is 0 Å². The summed E-state index contributed by atoms with van der Waals surface area (Å²) in [5, 5.41) is 4.47. The van der Waals surface area contributed by atoms with Gasteiger partial charge in [0.1, 0.15) is 5.00 Å². The molecule has 0 fully saturated rings. The van der Waals surface area contributed by atoms with E-state index in [0.29, 0.717) is 6.54 Å². The number of hydrogen-bond acceptors (Lipinski definition) is 3. The first-order valence-electron chi connectivity index (χ1n) is 10.6. The maximum absolute atomic E-state index is 13.5. The molecular formula is C24H28N4OS. The Morgan fingerprint density at radius 3 is 2.80 bits per heavy atom. The summed E-state index contributed by atoms with van der Waals surface area (Å²) < 4.78 is 2.30. The highest BCUT2D eigenvalue weighted by Gasteiger charge is 2.33. The summed E-state index contributed by atoms with van der Waals surface area (Å²) in [7, 11) is 2.18. The van der Waals surface area contributed by atoms with Crippen LogP contribution in [0.1, 0.15) is 45.8 Å². The van der Waals surface area contributed by atoms with Crippen molar-refractivity contribution in [3.8, 4) is 5.00 Å². The Hall–Kier alpha value is -2.57. The predicted molar refractivity (Wildman–Crippen MR) is 123 cm³/mol. The van der Waals surface area contributed by atoms with Gasteiger partial charge in [0.05, 0.1) is 12.6 Å². The number of carbonyl (C=O) groups is 1. The number of anilines is 1. The summed E-state index contributed by atoms with van der Waals surface area (Å²) in [6.07, 6.45) is 3.19. The predicted octanol–water partition coefficient (Wildman–Crippen LogP) is 5.25. The van der Waals surface area contributed by atoms with Crippen molar-refractivity contribution in [2.45, 2.75) is 46.3 Å². The van der Waals surface area contributed by atoms with E-state index >= 15 is 0 Å². The molecule has 0 radical (unpaired) electrons. The van der Waals surface area contributed by atoms with E-state index in [9.17, 15) is 4.79 Å². The van der Waals surface area contributed by atoms with Gasteiger partial charge in [0.25, 0.3) is 0 Å². The van der Waals surface area contributed by atoms with Crippen molar-refractivity contribution in [3.05, 3.63) is 69.4 Å². The number of carbonyl (C=O) groups excluding carboxylic acids is 1. The summed E-state index contributed by atoms with van der Waals surface area (Å²) in [4.78, 5) is 19.3. The van der Waals surface area contributed by atoms with Crippen LogP contribution in [0, 0.1) is 13.8 Å². The van der Waals surface area contributed by atoms with Crippen LogP contribution in [0.3, 0.4) is 0 Å². The van der Waals surface area contributed by atoms with E-state index in [1.165, 1.54) is 26.6 Å². The fourth-order valence-electron chi connectivity index (χ4n) is 4.65. The van der Waals surface area contributed by atoms with E-state index in [1.807, 2.05) is 28.4 Å². The molecule has 5 nitrogen and oxygen atoms in total. The molecule has 0 saturated carbocycles. The number of rotatable bonds is 1. The quantitative estimate of drug-likeness (QED) is 0.584.